The van der Waals surface area contributed by atoms with E-state index in [1.165, 1.54) is 11.1 Å². The van der Waals surface area contributed by atoms with Gasteiger partial charge < -0.3 is 20.4 Å². The Morgan fingerprint density at radius 3 is 2.43 bits per heavy atom. The lowest BCUT2D eigenvalue weighted by molar-refractivity contribution is 0.312. The van der Waals surface area contributed by atoms with Gasteiger partial charge in [0.15, 0.2) is 0 Å². The highest BCUT2D eigenvalue weighted by atomic mass is 35.5. The lowest BCUT2D eigenvalue weighted by Crippen LogP contribution is -2.45. The molecule has 1 saturated heterocycles. The first-order chi connectivity index (χ1) is 14.5. The number of hydrogen-bond acceptors (Lipinski definition) is 7. The predicted molar refractivity (Wildman–Crippen MR) is 119 cm³/mol. The zero-order valence-electron chi connectivity index (χ0n) is 17.0. The van der Waals surface area contributed by atoms with Gasteiger partial charge in [0.1, 0.15) is 11.6 Å². The summed E-state index contributed by atoms with van der Waals surface area (Å²) in [5, 5.41) is 4.94. The van der Waals surface area contributed by atoms with Gasteiger partial charge in [-0.25, -0.2) is 4.68 Å². The zero-order chi connectivity index (χ0) is 20.7. The van der Waals surface area contributed by atoms with Crippen molar-refractivity contribution in [1.82, 2.24) is 24.6 Å². The Bertz CT molecular complexity index is 1060. The Kier molecular flexibility index (Phi) is 4.96. The molecule has 156 valence electrons. The summed E-state index contributed by atoms with van der Waals surface area (Å²) in [7, 11) is 2.15. The van der Waals surface area contributed by atoms with E-state index in [0.29, 0.717) is 11.0 Å². The second-order valence-electron chi connectivity index (χ2n) is 7.96. The molecule has 0 unspecified atom stereocenters. The van der Waals surface area contributed by atoms with E-state index in [9.17, 15) is 0 Å². The second kappa shape index (κ2) is 7.77. The van der Waals surface area contributed by atoms with Crippen molar-refractivity contribution in [1.29, 1.82) is 0 Å². The molecule has 2 aliphatic heterocycles. The van der Waals surface area contributed by atoms with Crippen molar-refractivity contribution in [3.8, 4) is 5.69 Å². The minimum atomic E-state index is 0.326. The van der Waals surface area contributed by atoms with Crippen molar-refractivity contribution < 1.29 is 0 Å². The lowest BCUT2D eigenvalue weighted by atomic mass is 9.99. The molecule has 3 aromatic rings. The van der Waals surface area contributed by atoms with Gasteiger partial charge in [-0.2, -0.15) is 15.1 Å². The number of benzene rings is 1. The number of halogens is 1. The van der Waals surface area contributed by atoms with Crippen LogP contribution < -0.4 is 15.5 Å². The molecular formula is C21H25ClN8. The van der Waals surface area contributed by atoms with Crippen molar-refractivity contribution in [2.75, 3.05) is 55.3 Å². The first-order valence-electron chi connectivity index (χ1n) is 10.2. The summed E-state index contributed by atoms with van der Waals surface area (Å²) in [4.78, 5) is 15.9. The van der Waals surface area contributed by atoms with Crippen molar-refractivity contribution in [3.05, 3.63) is 52.8 Å². The van der Waals surface area contributed by atoms with Crippen LogP contribution in [-0.4, -0.2) is 64.4 Å². The third kappa shape index (κ3) is 3.80. The van der Waals surface area contributed by atoms with E-state index in [1.807, 2.05) is 6.20 Å². The number of nitrogen functional groups attached to an aromatic ring is 1. The second-order valence-corrected chi connectivity index (χ2v) is 8.40. The first-order valence-corrected chi connectivity index (χ1v) is 10.6. The van der Waals surface area contributed by atoms with Gasteiger partial charge in [0.25, 0.3) is 0 Å². The first kappa shape index (κ1) is 19.1. The molecular weight excluding hydrogens is 400 g/mol. The average molecular weight is 425 g/mol. The molecule has 2 aliphatic rings. The summed E-state index contributed by atoms with van der Waals surface area (Å²) < 4.78 is 1.80. The molecule has 5 rings (SSSR count). The van der Waals surface area contributed by atoms with E-state index in [4.69, 9.17) is 17.3 Å². The molecule has 1 fully saturated rings. The Hall–Kier alpha value is -2.84. The Morgan fingerprint density at radius 2 is 1.70 bits per heavy atom. The van der Waals surface area contributed by atoms with Crippen molar-refractivity contribution in [2.45, 2.75) is 13.0 Å². The highest BCUT2D eigenvalue weighted by Crippen LogP contribution is 2.28. The smallest absolute Gasteiger partial charge is 0.223 e. The number of aromatic nitrogens is 4. The average Bonchev–Trinajstić information content (AvgIpc) is 3.19. The van der Waals surface area contributed by atoms with Gasteiger partial charge >= 0.3 is 0 Å². The highest BCUT2D eigenvalue weighted by molar-refractivity contribution is 6.30. The van der Waals surface area contributed by atoms with E-state index in [0.717, 1.165) is 63.0 Å². The number of fused-ring (bicyclic) bond motifs is 1. The molecule has 2 N–H and O–H groups in total. The summed E-state index contributed by atoms with van der Waals surface area (Å²) in [6, 6.07) is 8.52. The Balaban J connectivity index is 1.40. The van der Waals surface area contributed by atoms with Crippen molar-refractivity contribution in [3.63, 3.8) is 0 Å². The largest absolute Gasteiger partial charge is 0.368 e. The van der Waals surface area contributed by atoms with E-state index in [1.54, 1.807) is 10.9 Å². The Labute approximate surface area is 180 Å². The SMILES string of the molecule is CN1CCN(c2cc(N3CCc4ccc(-n5cc(Cl)cn5)cc4C3)nc(N)n2)CC1. The van der Waals surface area contributed by atoms with Crippen LogP contribution >= 0.6 is 11.6 Å². The number of nitrogens with two attached hydrogens (primary N) is 1. The molecule has 9 heteroatoms. The number of hydrogen-bond donors (Lipinski definition) is 1. The highest BCUT2D eigenvalue weighted by Gasteiger charge is 2.22. The normalized spacial score (nSPS) is 17.3. The number of piperazine rings is 1. The molecule has 1 aromatic carbocycles. The van der Waals surface area contributed by atoms with Crippen LogP contribution in [0, 0.1) is 0 Å². The van der Waals surface area contributed by atoms with Crippen LogP contribution in [0.4, 0.5) is 17.6 Å². The molecule has 0 bridgehead atoms. The molecule has 0 amide bonds. The van der Waals surface area contributed by atoms with Crippen molar-refractivity contribution in [2.24, 2.45) is 0 Å². The summed E-state index contributed by atoms with van der Waals surface area (Å²) >= 11 is 6.03. The van der Waals surface area contributed by atoms with Gasteiger partial charge in [-0.1, -0.05) is 17.7 Å². The third-order valence-corrected chi connectivity index (χ3v) is 6.08. The standard InChI is InChI=1S/C21H25ClN8/c1-27-6-8-28(9-7-27)19-11-20(26-21(23)25-19)29-5-4-15-2-3-18(10-16(15)13-29)30-14-17(22)12-24-30/h2-3,10-12,14H,4-9,13H2,1H3,(H2,23,25,26). The third-order valence-electron chi connectivity index (χ3n) is 5.89. The monoisotopic (exact) mass is 424 g/mol. The van der Waals surface area contributed by atoms with Gasteiger partial charge in [0.2, 0.25) is 5.95 Å². The molecule has 8 nitrogen and oxygen atoms in total. The number of nitrogens with zero attached hydrogens (tertiary/aromatic N) is 7. The number of rotatable bonds is 3. The minimum Gasteiger partial charge on any atom is -0.368 e. The van der Waals surface area contributed by atoms with Crippen LogP contribution in [0.3, 0.4) is 0 Å². The summed E-state index contributed by atoms with van der Waals surface area (Å²) in [6.07, 6.45) is 4.43. The maximum absolute atomic E-state index is 6.09. The predicted octanol–water partition coefficient (Wildman–Crippen LogP) is 2.21. The fourth-order valence-corrected chi connectivity index (χ4v) is 4.26. The molecule has 0 atom stereocenters. The summed E-state index contributed by atoms with van der Waals surface area (Å²) in [5.41, 5.74) is 9.71. The van der Waals surface area contributed by atoms with E-state index in [-0.39, 0.29) is 0 Å². The zero-order valence-corrected chi connectivity index (χ0v) is 17.8. The molecule has 2 aromatic heterocycles. The van der Waals surface area contributed by atoms with Gasteiger partial charge in [0, 0.05) is 51.5 Å². The molecule has 0 radical (unpaired) electrons. The van der Waals surface area contributed by atoms with Crippen LogP contribution in [0.2, 0.25) is 5.02 Å². The number of likely N-dealkylation sites (N-methyl/N-ethyl adjacent to an activating group) is 1. The fraction of sp³-hybridized carbons (Fsp3) is 0.381. The quantitative estimate of drug-likeness (QED) is 0.690. The maximum atomic E-state index is 6.09. The maximum Gasteiger partial charge on any atom is 0.223 e. The molecule has 0 saturated carbocycles. The number of anilines is 3. The molecule has 4 heterocycles. The van der Waals surface area contributed by atoms with Crippen LogP contribution in [0.15, 0.2) is 36.7 Å². The Morgan fingerprint density at radius 1 is 0.933 bits per heavy atom. The molecule has 0 aliphatic carbocycles. The van der Waals surface area contributed by atoms with Gasteiger partial charge in [-0.15, -0.1) is 0 Å². The van der Waals surface area contributed by atoms with Crippen molar-refractivity contribution >= 4 is 29.2 Å². The summed E-state index contributed by atoms with van der Waals surface area (Å²) in [6.45, 7) is 5.62. The van der Waals surface area contributed by atoms with Gasteiger partial charge in [-0.3, -0.25) is 0 Å². The molecule has 30 heavy (non-hydrogen) atoms. The molecule has 0 spiro atoms. The minimum absolute atomic E-state index is 0.326. The van der Waals surface area contributed by atoms with E-state index >= 15 is 0 Å². The van der Waals surface area contributed by atoms with Gasteiger partial charge in [0.05, 0.1) is 16.9 Å². The fourth-order valence-electron chi connectivity index (χ4n) is 4.12. The van der Waals surface area contributed by atoms with E-state index in [2.05, 4.69) is 61.1 Å². The van der Waals surface area contributed by atoms with Crippen LogP contribution in [0.1, 0.15) is 11.1 Å². The van der Waals surface area contributed by atoms with Crippen LogP contribution in [-0.2, 0) is 13.0 Å². The lowest BCUT2D eigenvalue weighted by Gasteiger charge is -2.34. The van der Waals surface area contributed by atoms with Crippen LogP contribution in [0.5, 0.6) is 0 Å². The summed E-state index contributed by atoms with van der Waals surface area (Å²) in [5.74, 6) is 2.12. The van der Waals surface area contributed by atoms with Gasteiger partial charge in [-0.05, 0) is 36.7 Å². The van der Waals surface area contributed by atoms with Crippen LogP contribution in [0.25, 0.3) is 5.69 Å². The van der Waals surface area contributed by atoms with E-state index < -0.39 is 0 Å². The topological polar surface area (TPSA) is 79.3 Å².